The summed E-state index contributed by atoms with van der Waals surface area (Å²) in [5.74, 6) is -1.14. The highest BCUT2D eigenvalue weighted by atomic mass is 35.5. The Hall–Kier alpha value is -1.83. The first-order valence-electron chi connectivity index (χ1n) is 5.88. The topological polar surface area (TPSA) is 96.4 Å². The summed E-state index contributed by atoms with van der Waals surface area (Å²) in [6, 6.07) is 5.37. The summed E-state index contributed by atoms with van der Waals surface area (Å²) in [6.45, 7) is 1.62. The number of carboxylic acid groups (broad SMARTS) is 1. The molecule has 0 saturated carbocycles. The van der Waals surface area contributed by atoms with Crippen molar-refractivity contribution >= 4 is 44.9 Å². The van der Waals surface area contributed by atoms with Crippen LogP contribution in [0.1, 0.15) is 15.9 Å². The van der Waals surface area contributed by atoms with Crippen LogP contribution in [0.15, 0.2) is 35.4 Å². The minimum absolute atomic E-state index is 0.000303. The molecule has 0 aliphatic heterocycles. The predicted octanol–water partition coefficient (Wildman–Crippen LogP) is 3.20. The fourth-order valence-electron chi connectivity index (χ4n) is 1.68. The van der Waals surface area contributed by atoms with E-state index in [9.17, 15) is 13.2 Å². The zero-order chi connectivity index (χ0) is 16.5. The van der Waals surface area contributed by atoms with Gasteiger partial charge in [0.1, 0.15) is 10.0 Å². The van der Waals surface area contributed by atoms with Crippen molar-refractivity contribution in [3.63, 3.8) is 0 Å². The van der Waals surface area contributed by atoms with E-state index in [1.165, 1.54) is 18.2 Å². The van der Waals surface area contributed by atoms with Crippen LogP contribution >= 0.6 is 23.2 Å². The van der Waals surface area contributed by atoms with Crippen LogP contribution < -0.4 is 4.72 Å². The Bertz CT molecular complexity index is 853. The third-order valence-corrected chi connectivity index (χ3v) is 4.84. The van der Waals surface area contributed by atoms with E-state index >= 15 is 0 Å². The molecule has 1 aromatic heterocycles. The predicted molar refractivity (Wildman–Crippen MR) is 83.2 cm³/mol. The van der Waals surface area contributed by atoms with Crippen LogP contribution in [-0.4, -0.2) is 24.5 Å². The molecule has 1 heterocycles. The maximum atomic E-state index is 12.2. The van der Waals surface area contributed by atoms with E-state index in [1.54, 1.807) is 6.92 Å². The van der Waals surface area contributed by atoms with Crippen molar-refractivity contribution in [3.8, 4) is 0 Å². The molecule has 0 spiro atoms. The molecule has 0 atom stereocenters. The lowest BCUT2D eigenvalue weighted by atomic mass is 10.1. The maximum absolute atomic E-state index is 12.2. The van der Waals surface area contributed by atoms with Crippen molar-refractivity contribution in [2.75, 3.05) is 4.72 Å². The van der Waals surface area contributed by atoms with Crippen LogP contribution in [0.5, 0.6) is 0 Å². The first-order valence-corrected chi connectivity index (χ1v) is 8.12. The first kappa shape index (κ1) is 16.5. The Labute approximate surface area is 136 Å². The van der Waals surface area contributed by atoms with Gasteiger partial charge in [-0.25, -0.2) is 18.2 Å². The second kappa shape index (κ2) is 6.12. The Balaban J connectivity index is 2.38. The van der Waals surface area contributed by atoms with E-state index in [-0.39, 0.29) is 26.3 Å². The van der Waals surface area contributed by atoms with Crippen LogP contribution in [0.3, 0.4) is 0 Å². The standard InChI is InChI=1S/C13H10Cl2N2O4S/c1-7-2-3-8(4-10(7)13(18)19)17-22(20,21)9-5-11(14)12(15)16-6-9/h2-6,17H,1H3,(H,18,19). The van der Waals surface area contributed by atoms with Gasteiger partial charge in [0.2, 0.25) is 0 Å². The average Bonchev–Trinajstić information content (AvgIpc) is 2.43. The maximum Gasteiger partial charge on any atom is 0.336 e. The van der Waals surface area contributed by atoms with Gasteiger partial charge in [0.25, 0.3) is 10.0 Å². The van der Waals surface area contributed by atoms with Crippen molar-refractivity contribution in [2.24, 2.45) is 0 Å². The molecule has 0 saturated heterocycles. The number of rotatable bonds is 4. The molecule has 0 radical (unpaired) electrons. The Morgan fingerprint density at radius 1 is 1.27 bits per heavy atom. The van der Waals surface area contributed by atoms with Crippen molar-refractivity contribution in [1.82, 2.24) is 4.98 Å². The number of pyridine rings is 1. The Morgan fingerprint density at radius 3 is 2.55 bits per heavy atom. The highest BCUT2D eigenvalue weighted by Crippen LogP contribution is 2.24. The van der Waals surface area contributed by atoms with E-state index in [0.717, 1.165) is 12.3 Å². The highest BCUT2D eigenvalue weighted by molar-refractivity contribution is 7.92. The number of aromatic carboxylic acids is 1. The van der Waals surface area contributed by atoms with Gasteiger partial charge in [-0.05, 0) is 30.7 Å². The van der Waals surface area contributed by atoms with Gasteiger partial charge in [-0.1, -0.05) is 29.3 Å². The molecule has 0 bridgehead atoms. The number of nitrogens with one attached hydrogen (secondary N) is 1. The van der Waals surface area contributed by atoms with E-state index in [4.69, 9.17) is 28.3 Å². The number of sulfonamides is 1. The molecule has 6 nitrogen and oxygen atoms in total. The van der Waals surface area contributed by atoms with Gasteiger partial charge in [0, 0.05) is 11.9 Å². The van der Waals surface area contributed by atoms with Gasteiger partial charge in [0.15, 0.2) is 0 Å². The molecule has 2 aromatic rings. The number of carboxylic acids is 1. The van der Waals surface area contributed by atoms with Crippen molar-refractivity contribution < 1.29 is 18.3 Å². The molecule has 116 valence electrons. The molecule has 22 heavy (non-hydrogen) atoms. The Kier molecular flexibility index (Phi) is 4.60. The second-order valence-corrected chi connectivity index (χ2v) is 6.83. The third-order valence-electron chi connectivity index (χ3n) is 2.80. The van der Waals surface area contributed by atoms with Gasteiger partial charge < -0.3 is 5.11 Å². The summed E-state index contributed by atoms with van der Waals surface area (Å²) >= 11 is 11.4. The summed E-state index contributed by atoms with van der Waals surface area (Å²) in [7, 11) is -3.96. The quantitative estimate of drug-likeness (QED) is 0.816. The van der Waals surface area contributed by atoms with Crippen molar-refractivity contribution in [2.45, 2.75) is 11.8 Å². The van der Waals surface area contributed by atoms with Crippen LogP contribution in [0.4, 0.5) is 5.69 Å². The third kappa shape index (κ3) is 3.49. The number of nitrogens with zero attached hydrogens (tertiary/aromatic N) is 1. The van der Waals surface area contributed by atoms with Gasteiger partial charge in [0.05, 0.1) is 10.6 Å². The number of halogens is 2. The normalized spacial score (nSPS) is 11.2. The van der Waals surface area contributed by atoms with E-state index in [2.05, 4.69) is 9.71 Å². The zero-order valence-electron chi connectivity index (χ0n) is 11.2. The lowest BCUT2D eigenvalue weighted by Gasteiger charge is -2.10. The molecule has 9 heteroatoms. The van der Waals surface area contributed by atoms with Crippen LogP contribution in [0, 0.1) is 6.92 Å². The molecular formula is C13H10Cl2N2O4S. The molecule has 2 rings (SSSR count). The minimum atomic E-state index is -3.96. The summed E-state index contributed by atoms with van der Waals surface area (Å²) in [5.41, 5.74) is 0.646. The van der Waals surface area contributed by atoms with E-state index in [0.29, 0.717) is 5.56 Å². The number of anilines is 1. The first-order chi connectivity index (χ1) is 10.2. The zero-order valence-corrected chi connectivity index (χ0v) is 13.5. The number of hydrogen-bond acceptors (Lipinski definition) is 4. The van der Waals surface area contributed by atoms with Crippen LogP contribution in [0.25, 0.3) is 0 Å². The summed E-state index contributed by atoms with van der Waals surface area (Å²) in [4.78, 5) is 14.6. The molecule has 0 fully saturated rings. The molecule has 1 aromatic carbocycles. The molecular weight excluding hydrogens is 351 g/mol. The summed E-state index contributed by atoms with van der Waals surface area (Å²) < 4.78 is 26.7. The van der Waals surface area contributed by atoms with Crippen LogP contribution in [-0.2, 0) is 10.0 Å². The molecule has 0 amide bonds. The number of aromatic nitrogens is 1. The number of aryl methyl sites for hydroxylation is 1. The van der Waals surface area contributed by atoms with Crippen LogP contribution in [0.2, 0.25) is 10.2 Å². The second-order valence-electron chi connectivity index (χ2n) is 4.38. The SMILES string of the molecule is Cc1ccc(NS(=O)(=O)c2cnc(Cl)c(Cl)c2)cc1C(=O)O. The fourth-order valence-corrected chi connectivity index (χ4v) is 3.03. The van der Waals surface area contributed by atoms with Gasteiger partial charge in [-0.3, -0.25) is 4.72 Å². The molecule has 0 aliphatic rings. The van der Waals surface area contributed by atoms with Crippen molar-refractivity contribution in [3.05, 3.63) is 51.8 Å². The fraction of sp³-hybridized carbons (Fsp3) is 0.0769. The number of benzene rings is 1. The van der Waals surface area contributed by atoms with Gasteiger partial charge in [-0.2, -0.15) is 0 Å². The smallest absolute Gasteiger partial charge is 0.336 e. The molecule has 0 aliphatic carbocycles. The summed E-state index contributed by atoms with van der Waals surface area (Å²) in [6.07, 6.45) is 1.06. The number of carbonyl (C=O) groups is 1. The van der Waals surface area contributed by atoms with E-state index in [1.807, 2.05) is 0 Å². The Morgan fingerprint density at radius 2 is 1.95 bits per heavy atom. The lowest BCUT2D eigenvalue weighted by Crippen LogP contribution is -2.14. The largest absolute Gasteiger partial charge is 0.478 e. The molecule has 2 N–H and O–H groups in total. The van der Waals surface area contributed by atoms with E-state index < -0.39 is 16.0 Å². The number of hydrogen-bond donors (Lipinski definition) is 2. The van der Waals surface area contributed by atoms with Gasteiger partial charge >= 0.3 is 5.97 Å². The minimum Gasteiger partial charge on any atom is -0.478 e. The van der Waals surface area contributed by atoms with Crippen molar-refractivity contribution in [1.29, 1.82) is 0 Å². The van der Waals surface area contributed by atoms with Gasteiger partial charge in [-0.15, -0.1) is 0 Å². The summed E-state index contributed by atoms with van der Waals surface area (Å²) in [5, 5.41) is 9.04. The molecule has 0 unspecified atom stereocenters. The average molecular weight is 361 g/mol. The highest BCUT2D eigenvalue weighted by Gasteiger charge is 2.18. The monoisotopic (exact) mass is 360 g/mol. The lowest BCUT2D eigenvalue weighted by molar-refractivity contribution is 0.0696.